The third-order valence-corrected chi connectivity index (χ3v) is 5.36. The summed E-state index contributed by atoms with van der Waals surface area (Å²) in [7, 11) is 0. The van der Waals surface area contributed by atoms with Crippen molar-refractivity contribution in [2.45, 2.75) is 51.5 Å². The third-order valence-electron chi connectivity index (χ3n) is 5.36. The highest BCUT2D eigenvalue weighted by Crippen LogP contribution is 2.45. The highest BCUT2D eigenvalue weighted by molar-refractivity contribution is 6.06. The summed E-state index contributed by atoms with van der Waals surface area (Å²) in [5.41, 5.74) is -0.790. The first-order chi connectivity index (χ1) is 8.65. The van der Waals surface area contributed by atoms with Crippen LogP contribution in [0.3, 0.4) is 0 Å². The molecule has 4 atom stereocenters. The molecule has 0 radical (unpaired) electrons. The summed E-state index contributed by atoms with van der Waals surface area (Å²) in [6.07, 6.45) is 6.23. The lowest BCUT2D eigenvalue weighted by Crippen LogP contribution is -2.50. The van der Waals surface area contributed by atoms with Crippen molar-refractivity contribution < 1.29 is 9.59 Å². The van der Waals surface area contributed by atoms with E-state index >= 15 is 0 Å². The van der Waals surface area contributed by atoms with Crippen LogP contribution in [0.5, 0.6) is 0 Å². The molecule has 18 heavy (non-hydrogen) atoms. The van der Waals surface area contributed by atoms with Gasteiger partial charge >= 0.3 is 0 Å². The van der Waals surface area contributed by atoms with Crippen molar-refractivity contribution in [1.82, 2.24) is 10.6 Å². The zero-order valence-corrected chi connectivity index (χ0v) is 11.0. The Morgan fingerprint density at radius 1 is 1.44 bits per heavy atom. The summed E-state index contributed by atoms with van der Waals surface area (Å²) >= 11 is 0. The predicted octanol–water partition coefficient (Wildman–Crippen LogP) is 1.21. The van der Waals surface area contributed by atoms with Gasteiger partial charge in [0.1, 0.15) is 5.41 Å². The first-order valence-electron chi connectivity index (χ1n) is 7.25. The zero-order valence-electron chi connectivity index (χ0n) is 11.0. The van der Waals surface area contributed by atoms with Gasteiger partial charge in [-0.05, 0) is 43.9 Å². The molecule has 1 aliphatic heterocycles. The number of hydrogen-bond acceptors (Lipinski definition) is 2. The molecule has 2 bridgehead atoms. The van der Waals surface area contributed by atoms with Crippen molar-refractivity contribution in [3.63, 3.8) is 0 Å². The lowest BCUT2D eigenvalue weighted by molar-refractivity contribution is -0.141. The fourth-order valence-corrected chi connectivity index (χ4v) is 4.11. The number of amides is 2. The van der Waals surface area contributed by atoms with Crippen molar-refractivity contribution in [3.05, 3.63) is 0 Å². The van der Waals surface area contributed by atoms with Crippen LogP contribution in [0.15, 0.2) is 0 Å². The standard InChI is InChI=1S/C14H22N2O2/c1-2-14(5-6-15-12(14)17)13(18)16-11-8-9-3-4-10(11)7-9/h9-11H,2-8H2,1H3,(H,15,17)(H,16,18)/t9-,10+,11-,14?/m0/s1. The average Bonchev–Trinajstić information content (AvgIpc) is 3.04. The second-order valence-corrected chi connectivity index (χ2v) is 6.20. The Labute approximate surface area is 108 Å². The molecule has 3 rings (SSSR count). The van der Waals surface area contributed by atoms with Gasteiger partial charge in [0.2, 0.25) is 11.8 Å². The lowest BCUT2D eigenvalue weighted by Gasteiger charge is -2.29. The Morgan fingerprint density at radius 2 is 2.28 bits per heavy atom. The molecular formula is C14H22N2O2. The van der Waals surface area contributed by atoms with Gasteiger partial charge in [-0.1, -0.05) is 13.3 Å². The zero-order chi connectivity index (χ0) is 12.8. The Kier molecular flexibility index (Phi) is 2.83. The predicted molar refractivity (Wildman–Crippen MR) is 67.7 cm³/mol. The van der Waals surface area contributed by atoms with E-state index in [-0.39, 0.29) is 11.8 Å². The van der Waals surface area contributed by atoms with Crippen LogP contribution in [0.1, 0.15) is 45.4 Å². The van der Waals surface area contributed by atoms with Crippen LogP contribution in [0.2, 0.25) is 0 Å². The topological polar surface area (TPSA) is 58.2 Å². The normalized spacial score (nSPS) is 42.1. The van der Waals surface area contributed by atoms with Gasteiger partial charge in [0.05, 0.1) is 0 Å². The largest absolute Gasteiger partial charge is 0.355 e. The van der Waals surface area contributed by atoms with Crippen LogP contribution < -0.4 is 10.6 Å². The Bertz CT molecular complexity index is 382. The van der Waals surface area contributed by atoms with Gasteiger partial charge in [-0.15, -0.1) is 0 Å². The molecule has 2 aliphatic carbocycles. The van der Waals surface area contributed by atoms with Crippen LogP contribution >= 0.6 is 0 Å². The fourth-order valence-electron chi connectivity index (χ4n) is 4.11. The summed E-state index contributed by atoms with van der Waals surface area (Å²) < 4.78 is 0. The summed E-state index contributed by atoms with van der Waals surface area (Å²) in [5, 5.41) is 5.98. The molecule has 0 aromatic heterocycles. The van der Waals surface area contributed by atoms with E-state index in [0.29, 0.717) is 31.3 Å². The van der Waals surface area contributed by atoms with Crippen LogP contribution in [0.4, 0.5) is 0 Å². The molecule has 3 fully saturated rings. The van der Waals surface area contributed by atoms with Gasteiger partial charge in [-0.3, -0.25) is 9.59 Å². The molecule has 0 spiro atoms. The van der Waals surface area contributed by atoms with Crippen LogP contribution in [0.25, 0.3) is 0 Å². The Hall–Kier alpha value is -1.06. The molecule has 0 aromatic carbocycles. The molecule has 1 saturated heterocycles. The highest BCUT2D eigenvalue weighted by Gasteiger charge is 2.49. The molecule has 3 aliphatic rings. The first kappa shape index (κ1) is 12.0. The SMILES string of the molecule is CCC1(C(=O)N[C@H]2C[C@H]3CC[C@@H]2C3)CCNC1=O. The first-order valence-corrected chi connectivity index (χ1v) is 7.25. The van der Waals surface area contributed by atoms with Crippen LogP contribution in [-0.2, 0) is 9.59 Å². The number of carbonyl (C=O) groups is 2. The molecule has 4 nitrogen and oxygen atoms in total. The second-order valence-electron chi connectivity index (χ2n) is 6.20. The maximum absolute atomic E-state index is 12.5. The molecule has 2 saturated carbocycles. The van der Waals surface area contributed by atoms with E-state index in [0.717, 1.165) is 12.3 Å². The van der Waals surface area contributed by atoms with Crippen molar-refractivity contribution in [2.75, 3.05) is 6.54 Å². The minimum Gasteiger partial charge on any atom is -0.355 e. The van der Waals surface area contributed by atoms with Crippen molar-refractivity contribution in [3.8, 4) is 0 Å². The van der Waals surface area contributed by atoms with Crippen LogP contribution in [-0.4, -0.2) is 24.4 Å². The Balaban J connectivity index is 1.69. The maximum Gasteiger partial charge on any atom is 0.235 e. The van der Waals surface area contributed by atoms with Crippen molar-refractivity contribution in [2.24, 2.45) is 17.3 Å². The minimum atomic E-state index is -0.790. The van der Waals surface area contributed by atoms with E-state index in [9.17, 15) is 9.59 Å². The molecular weight excluding hydrogens is 228 g/mol. The molecule has 4 heteroatoms. The molecule has 1 unspecified atom stereocenters. The fraction of sp³-hybridized carbons (Fsp3) is 0.857. The van der Waals surface area contributed by atoms with Gasteiger partial charge < -0.3 is 10.6 Å². The number of fused-ring (bicyclic) bond motifs is 2. The number of nitrogens with one attached hydrogen (secondary N) is 2. The van der Waals surface area contributed by atoms with Gasteiger partial charge in [0.25, 0.3) is 0 Å². The minimum absolute atomic E-state index is 0.0300. The lowest BCUT2D eigenvalue weighted by atomic mass is 9.81. The molecule has 0 aromatic rings. The van der Waals surface area contributed by atoms with E-state index in [1.54, 1.807) is 0 Å². The second kappa shape index (κ2) is 4.25. The summed E-state index contributed by atoms with van der Waals surface area (Å²) in [6.45, 7) is 2.57. The molecule has 2 N–H and O–H groups in total. The summed E-state index contributed by atoms with van der Waals surface area (Å²) in [4.78, 5) is 24.4. The van der Waals surface area contributed by atoms with Crippen molar-refractivity contribution >= 4 is 11.8 Å². The monoisotopic (exact) mass is 250 g/mol. The van der Waals surface area contributed by atoms with Gasteiger partial charge in [0, 0.05) is 12.6 Å². The quantitative estimate of drug-likeness (QED) is 0.740. The Morgan fingerprint density at radius 3 is 2.78 bits per heavy atom. The summed E-state index contributed by atoms with van der Waals surface area (Å²) in [5.74, 6) is 1.37. The van der Waals surface area contributed by atoms with E-state index in [1.165, 1.54) is 19.3 Å². The maximum atomic E-state index is 12.5. The third kappa shape index (κ3) is 1.65. The smallest absolute Gasteiger partial charge is 0.235 e. The molecule has 2 amide bonds. The van der Waals surface area contributed by atoms with E-state index in [1.807, 2.05) is 6.92 Å². The molecule has 100 valence electrons. The van der Waals surface area contributed by atoms with E-state index in [2.05, 4.69) is 10.6 Å². The highest BCUT2D eigenvalue weighted by atomic mass is 16.2. The number of carbonyl (C=O) groups excluding carboxylic acids is 2. The van der Waals surface area contributed by atoms with E-state index in [4.69, 9.17) is 0 Å². The summed E-state index contributed by atoms with van der Waals surface area (Å²) in [6, 6.07) is 0.327. The van der Waals surface area contributed by atoms with Crippen molar-refractivity contribution in [1.29, 1.82) is 0 Å². The molecule has 1 heterocycles. The van der Waals surface area contributed by atoms with Gasteiger partial charge in [0.15, 0.2) is 0 Å². The number of hydrogen-bond donors (Lipinski definition) is 2. The van der Waals surface area contributed by atoms with Crippen LogP contribution in [0, 0.1) is 17.3 Å². The average molecular weight is 250 g/mol. The van der Waals surface area contributed by atoms with Gasteiger partial charge in [-0.2, -0.15) is 0 Å². The number of rotatable bonds is 3. The van der Waals surface area contributed by atoms with Gasteiger partial charge in [-0.25, -0.2) is 0 Å². The van der Waals surface area contributed by atoms with E-state index < -0.39 is 5.41 Å².